The zero-order valence-electron chi connectivity index (χ0n) is 18.7. The molecule has 4 aromatic rings. The lowest BCUT2D eigenvalue weighted by Gasteiger charge is -2.39. The Bertz CT molecular complexity index is 1150. The van der Waals surface area contributed by atoms with Crippen LogP contribution >= 0.6 is 11.3 Å². The SMILES string of the molecule is CC(C)(C)C(c1ncc(-c2ccccc2)s1)N(Cc1ccccc1)C(=O)c1ccccc1. The van der Waals surface area contributed by atoms with E-state index < -0.39 is 0 Å². The molecule has 0 aliphatic heterocycles. The Kier molecular flexibility index (Phi) is 6.52. The molecule has 4 heteroatoms. The van der Waals surface area contributed by atoms with E-state index in [0.29, 0.717) is 12.1 Å². The third kappa shape index (κ3) is 4.97. The van der Waals surface area contributed by atoms with Crippen molar-refractivity contribution in [2.75, 3.05) is 0 Å². The maximum absolute atomic E-state index is 13.8. The molecule has 0 bridgehead atoms. The molecule has 3 aromatic carbocycles. The number of benzene rings is 3. The van der Waals surface area contributed by atoms with Gasteiger partial charge in [0.15, 0.2) is 0 Å². The number of aromatic nitrogens is 1. The molecule has 162 valence electrons. The Morgan fingerprint density at radius 3 is 2.03 bits per heavy atom. The second-order valence-electron chi connectivity index (χ2n) is 8.98. The zero-order valence-corrected chi connectivity index (χ0v) is 19.5. The van der Waals surface area contributed by atoms with Crippen molar-refractivity contribution in [3.05, 3.63) is 113 Å². The third-order valence-electron chi connectivity index (χ3n) is 5.43. The Morgan fingerprint density at radius 2 is 1.44 bits per heavy atom. The number of hydrogen-bond acceptors (Lipinski definition) is 3. The van der Waals surface area contributed by atoms with Crippen LogP contribution in [0, 0.1) is 5.41 Å². The van der Waals surface area contributed by atoms with Gasteiger partial charge < -0.3 is 4.90 Å². The minimum Gasteiger partial charge on any atom is -0.324 e. The van der Waals surface area contributed by atoms with E-state index in [-0.39, 0.29) is 17.4 Å². The molecule has 0 fully saturated rings. The van der Waals surface area contributed by atoms with Gasteiger partial charge >= 0.3 is 0 Å². The predicted octanol–water partition coefficient (Wildman–Crippen LogP) is 7.24. The lowest BCUT2D eigenvalue weighted by atomic mass is 9.85. The fraction of sp³-hybridized carbons (Fsp3) is 0.214. The van der Waals surface area contributed by atoms with Crippen LogP contribution in [0.15, 0.2) is 97.2 Å². The molecule has 3 nitrogen and oxygen atoms in total. The van der Waals surface area contributed by atoms with E-state index >= 15 is 0 Å². The van der Waals surface area contributed by atoms with Crippen molar-refractivity contribution >= 4 is 17.2 Å². The quantitative estimate of drug-likeness (QED) is 0.317. The molecule has 1 atom stereocenters. The number of thiazole rings is 1. The van der Waals surface area contributed by atoms with Crippen molar-refractivity contribution in [1.29, 1.82) is 0 Å². The second-order valence-corrected chi connectivity index (χ2v) is 10.0. The first kappa shape index (κ1) is 22.0. The molecule has 1 heterocycles. The molecule has 0 spiro atoms. The maximum Gasteiger partial charge on any atom is 0.254 e. The van der Waals surface area contributed by atoms with E-state index in [4.69, 9.17) is 4.98 Å². The van der Waals surface area contributed by atoms with Gasteiger partial charge in [-0.1, -0.05) is 99.6 Å². The maximum atomic E-state index is 13.8. The van der Waals surface area contributed by atoms with Gasteiger partial charge in [0.2, 0.25) is 0 Å². The Hall–Kier alpha value is -3.24. The van der Waals surface area contributed by atoms with Gasteiger partial charge in [0.25, 0.3) is 5.91 Å². The van der Waals surface area contributed by atoms with Crippen molar-refractivity contribution in [2.45, 2.75) is 33.4 Å². The summed E-state index contributed by atoms with van der Waals surface area (Å²) in [6, 6.07) is 29.8. The van der Waals surface area contributed by atoms with Crippen LogP contribution in [0.25, 0.3) is 10.4 Å². The summed E-state index contributed by atoms with van der Waals surface area (Å²) in [5, 5.41) is 0.955. The summed E-state index contributed by atoms with van der Waals surface area (Å²) in [7, 11) is 0. The molecule has 0 radical (unpaired) electrons. The molecule has 0 aliphatic carbocycles. The van der Waals surface area contributed by atoms with Crippen molar-refractivity contribution in [1.82, 2.24) is 9.88 Å². The van der Waals surface area contributed by atoms with Gasteiger partial charge in [-0.3, -0.25) is 4.79 Å². The fourth-order valence-corrected chi connectivity index (χ4v) is 5.21. The Morgan fingerprint density at radius 1 is 0.875 bits per heavy atom. The summed E-state index contributed by atoms with van der Waals surface area (Å²) in [6.07, 6.45) is 1.93. The van der Waals surface area contributed by atoms with Crippen molar-refractivity contribution in [3.63, 3.8) is 0 Å². The Labute approximate surface area is 194 Å². The monoisotopic (exact) mass is 440 g/mol. The van der Waals surface area contributed by atoms with Gasteiger partial charge in [-0.15, -0.1) is 11.3 Å². The summed E-state index contributed by atoms with van der Waals surface area (Å²) in [5.74, 6) is 0.0193. The molecule has 0 N–H and O–H groups in total. The van der Waals surface area contributed by atoms with E-state index in [1.165, 1.54) is 0 Å². The van der Waals surface area contributed by atoms with Gasteiger partial charge in [-0.2, -0.15) is 0 Å². The number of hydrogen-bond donors (Lipinski definition) is 0. The molecule has 1 unspecified atom stereocenters. The molecule has 1 aromatic heterocycles. The molecule has 0 saturated carbocycles. The molecule has 0 aliphatic rings. The summed E-state index contributed by atoms with van der Waals surface area (Å²) < 4.78 is 0. The van der Waals surface area contributed by atoms with E-state index in [0.717, 1.165) is 21.0 Å². The molecular formula is C28H28N2OS. The Balaban J connectivity index is 1.78. The normalized spacial score (nSPS) is 12.3. The van der Waals surface area contributed by atoms with Crippen LogP contribution in [0.5, 0.6) is 0 Å². The predicted molar refractivity (Wildman–Crippen MR) is 133 cm³/mol. The average molecular weight is 441 g/mol. The second kappa shape index (κ2) is 9.49. The first-order valence-electron chi connectivity index (χ1n) is 10.8. The highest BCUT2D eigenvalue weighted by molar-refractivity contribution is 7.15. The summed E-state index contributed by atoms with van der Waals surface area (Å²) in [4.78, 5) is 21.7. The van der Waals surface area contributed by atoms with Gasteiger partial charge in [-0.25, -0.2) is 4.98 Å². The van der Waals surface area contributed by atoms with Crippen molar-refractivity contribution < 1.29 is 4.79 Å². The number of carbonyl (C=O) groups excluding carboxylic acids is 1. The molecule has 32 heavy (non-hydrogen) atoms. The molecule has 0 saturated heterocycles. The lowest BCUT2D eigenvalue weighted by Crippen LogP contribution is -2.40. The molecular weight excluding hydrogens is 412 g/mol. The minimum absolute atomic E-state index is 0.0193. The molecule has 4 rings (SSSR count). The van der Waals surface area contributed by atoms with Gasteiger partial charge in [0.1, 0.15) is 5.01 Å². The van der Waals surface area contributed by atoms with Crippen molar-refractivity contribution in [2.24, 2.45) is 5.41 Å². The highest BCUT2D eigenvalue weighted by Gasteiger charge is 2.37. The number of carbonyl (C=O) groups is 1. The van der Waals surface area contributed by atoms with Crippen LogP contribution in [0.1, 0.15) is 47.7 Å². The summed E-state index contributed by atoms with van der Waals surface area (Å²) in [5.41, 5.74) is 2.74. The number of rotatable bonds is 6. The minimum atomic E-state index is -0.203. The van der Waals surface area contributed by atoms with E-state index in [2.05, 4.69) is 45.0 Å². The highest BCUT2D eigenvalue weighted by Crippen LogP contribution is 2.42. The van der Waals surface area contributed by atoms with Crippen LogP contribution in [0.2, 0.25) is 0 Å². The summed E-state index contributed by atoms with van der Waals surface area (Å²) in [6.45, 7) is 7.06. The van der Waals surface area contributed by atoms with Crippen LogP contribution in [0.3, 0.4) is 0 Å². The fourth-order valence-electron chi connectivity index (χ4n) is 3.93. The van der Waals surface area contributed by atoms with Crippen LogP contribution in [-0.4, -0.2) is 15.8 Å². The smallest absolute Gasteiger partial charge is 0.254 e. The van der Waals surface area contributed by atoms with Gasteiger partial charge in [-0.05, 0) is 28.7 Å². The number of nitrogens with zero attached hydrogens (tertiary/aromatic N) is 2. The third-order valence-corrected chi connectivity index (χ3v) is 6.52. The number of amides is 1. The van der Waals surface area contributed by atoms with Crippen LogP contribution in [-0.2, 0) is 6.54 Å². The van der Waals surface area contributed by atoms with Crippen LogP contribution < -0.4 is 0 Å². The topological polar surface area (TPSA) is 33.2 Å². The largest absolute Gasteiger partial charge is 0.324 e. The standard InChI is InChI=1S/C28H28N2OS/c1-28(2,3)25(26-29-19-24(32-26)22-15-9-5-10-16-22)30(20-21-13-7-4-8-14-21)27(31)23-17-11-6-12-18-23/h4-19,25H,20H2,1-3H3. The van der Waals surface area contributed by atoms with Gasteiger partial charge in [0, 0.05) is 18.3 Å². The first-order valence-corrected chi connectivity index (χ1v) is 11.7. The van der Waals surface area contributed by atoms with Crippen LogP contribution in [0.4, 0.5) is 0 Å². The van der Waals surface area contributed by atoms with Gasteiger partial charge in [0.05, 0.1) is 10.9 Å². The van der Waals surface area contributed by atoms with E-state index in [9.17, 15) is 4.79 Å². The molecule has 1 amide bonds. The van der Waals surface area contributed by atoms with E-state index in [1.807, 2.05) is 77.8 Å². The highest BCUT2D eigenvalue weighted by atomic mass is 32.1. The first-order chi connectivity index (χ1) is 15.4. The van der Waals surface area contributed by atoms with Crippen molar-refractivity contribution in [3.8, 4) is 10.4 Å². The lowest BCUT2D eigenvalue weighted by molar-refractivity contribution is 0.0484. The zero-order chi connectivity index (χ0) is 22.6. The summed E-state index contributed by atoms with van der Waals surface area (Å²) >= 11 is 1.67. The average Bonchev–Trinajstić information content (AvgIpc) is 3.28. The van der Waals surface area contributed by atoms with E-state index in [1.54, 1.807) is 11.3 Å².